The summed E-state index contributed by atoms with van der Waals surface area (Å²) in [4.78, 5) is 22.7. The molecule has 0 radical (unpaired) electrons. The van der Waals surface area contributed by atoms with Gasteiger partial charge in [0.1, 0.15) is 0 Å². The number of methoxy groups -OCH3 is 2. The summed E-state index contributed by atoms with van der Waals surface area (Å²) < 4.78 is 22.1. The quantitative estimate of drug-likeness (QED) is 0.284. The zero-order chi connectivity index (χ0) is 22.5. The third kappa shape index (κ3) is 4.64. The number of nitrogens with zero attached hydrogens (tertiary/aromatic N) is 2. The van der Waals surface area contributed by atoms with E-state index in [1.54, 1.807) is 0 Å². The number of hydrogen-bond acceptors (Lipinski definition) is 8. The second kappa shape index (κ2) is 9.52. The predicted octanol–water partition coefficient (Wildman–Crippen LogP) is 3.27. The highest BCUT2D eigenvalue weighted by Crippen LogP contribution is 2.52. The molecule has 0 spiro atoms. The SMILES string of the molecule is COc1c(C=NNC(=O)c2cccc([N+](=O)[O-])c2)c(CC(C)Cl)c(OC)c2c1OCO2. The lowest BCUT2D eigenvalue weighted by Crippen LogP contribution is -2.18. The van der Waals surface area contributed by atoms with Gasteiger partial charge in [0.05, 0.1) is 25.4 Å². The number of nitrogens with one attached hydrogen (secondary N) is 1. The van der Waals surface area contributed by atoms with Crippen LogP contribution in [0.2, 0.25) is 0 Å². The number of carbonyl (C=O) groups is 1. The zero-order valence-corrected chi connectivity index (χ0v) is 17.8. The number of hydrogen-bond donors (Lipinski definition) is 1. The Morgan fingerprint density at radius 3 is 2.61 bits per heavy atom. The van der Waals surface area contributed by atoms with Crippen molar-refractivity contribution >= 4 is 29.4 Å². The molecular formula is C20H20ClN3O7. The minimum Gasteiger partial charge on any atom is -0.492 e. The van der Waals surface area contributed by atoms with Crippen LogP contribution < -0.4 is 24.4 Å². The zero-order valence-electron chi connectivity index (χ0n) is 17.0. The first-order valence-electron chi connectivity index (χ1n) is 9.15. The smallest absolute Gasteiger partial charge is 0.271 e. The van der Waals surface area contributed by atoms with Crippen LogP contribution in [0.15, 0.2) is 29.4 Å². The van der Waals surface area contributed by atoms with E-state index in [9.17, 15) is 14.9 Å². The number of nitro groups is 1. The fourth-order valence-corrected chi connectivity index (χ4v) is 3.31. The summed E-state index contributed by atoms with van der Waals surface area (Å²) in [5, 5.41) is 14.7. The maximum absolute atomic E-state index is 12.4. The van der Waals surface area contributed by atoms with Crippen LogP contribution in [0.3, 0.4) is 0 Å². The number of carbonyl (C=O) groups excluding carboxylic acids is 1. The lowest BCUT2D eigenvalue weighted by molar-refractivity contribution is -0.384. The molecule has 0 aromatic heterocycles. The molecule has 2 aromatic carbocycles. The van der Waals surface area contributed by atoms with Gasteiger partial charge < -0.3 is 18.9 Å². The number of non-ortho nitro benzene ring substituents is 1. The largest absolute Gasteiger partial charge is 0.492 e. The monoisotopic (exact) mass is 449 g/mol. The van der Waals surface area contributed by atoms with Crippen molar-refractivity contribution in [2.24, 2.45) is 5.10 Å². The van der Waals surface area contributed by atoms with E-state index in [2.05, 4.69) is 10.5 Å². The van der Waals surface area contributed by atoms with Gasteiger partial charge in [-0.3, -0.25) is 14.9 Å². The van der Waals surface area contributed by atoms with E-state index in [4.69, 9.17) is 30.5 Å². The number of benzene rings is 2. The summed E-state index contributed by atoms with van der Waals surface area (Å²) in [6.07, 6.45) is 1.78. The summed E-state index contributed by atoms with van der Waals surface area (Å²) in [7, 11) is 2.97. The van der Waals surface area contributed by atoms with E-state index in [-0.39, 0.29) is 23.4 Å². The normalized spacial score (nSPS) is 13.2. The molecule has 1 amide bonds. The Kier molecular flexibility index (Phi) is 6.81. The maximum Gasteiger partial charge on any atom is 0.271 e. The van der Waals surface area contributed by atoms with Crippen LogP contribution in [-0.4, -0.2) is 43.4 Å². The van der Waals surface area contributed by atoms with Gasteiger partial charge in [0.15, 0.2) is 11.5 Å². The molecule has 0 saturated heterocycles. The Hall–Kier alpha value is -3.53. The summed E-state index contributed by atoms with van der Waals surface area (Å²) in [6, 6.07) is 5.32. The molecule has 31 heavy (non-hydrogen) atoms. The molecule has 0 aliphatic carbocycles. The number of alkyl halides is 1. The van der Waals surface area contributed by atoms with E-state index >= 15 is 0 Å². The fourth-order valence-electron chi connectivity index (χ4n) is 3.15. The van der Waals surface area contributed by atoms with Crippen molar-refractivity contribution in [3.05, 3.63) is 51.1 Å². The molecule has 164 valence electrons. The van der Waals surface area contributed by atoms with Crippen molar-refractivity contribution in [1.82, 2.24) is 5.43 Å². The Labute approximate surface area is 182 Å². The number of ether oxygens (including phenoxy) is 4. The Bertz CT molecular complexity index is 1040. The third-order valence-corrected chi connectivity index (χ3v) is 4.60. The molecule has 1 N–H and O–H groups in total. The lowest BCUT2D eigenvalue weighted by atomic mass is 9.99. The van der Waals surface area contributed by atoms with Crippen LogP contribution >= 0.6 is 11.6 Å². The van der Waals surface area contributed by atoms with Crippen molar-refractivity contribution in [3.63, 3.8) is 0 Å². The van der Waals surface area contributed by atoms with Gasteiger partial charge in [0.25, 0.3) is 11.6 Å². The van der Waals surface area contributed by atoms with E-state index in [1.165, 1.54) is 38.6 Å². The van der Waals surface area contributed by atoms with Crippen molar-refractivity contribution < 1.29 is 28.7 Å². The molecule has 0 bridgehead atoms. The van der Waals surface area contributed by atoms with Gasteiger partial charge in [0.2, 0.25) is 18.3 Å². The summed E-state index contributed by atoms with van der Waals surface area (Å²) in [5.74, 6) is 0.946. The van der Waals surface area contributed by atoms with Gasteiger partial charge in [-0.05, 0) is 19.4 Å². The average molecular weight is 450 g/mol. The number of nitro benzene ring substituents is 1. The minimum atomic E-state index is -0.612. The summed E-state index contributed by atoms with van der Waals surface area (Å²) in [5.41, 5.74) is 3.42. The maximum atomic E-state index is 12.4. The number of hydrazone groups is 1. The van der Waals surface area contributed by atoms with Crippen molar-refractivity contribution in [3.8, 4) is 23.0 Å². The van der Waals surface area contributed by atoms with E-state index in [0.29, 0.717) is 40.5 Å². The fraction of sp³-hybridized carbons (Fsp3) is 0.300. The Morgan fingerprint density at radius 2 is 2.00 bits per heavy atom. The summed E-state index contributed by atoms with van der Waals surface area (Å²) >= 11 is 6.23. The molecule has 0 fully saturated rings. The molecule has 11 heteroatoms. The average Bonchev–Trinajstić information content (AvgIpc) is 3.22. The van der Waals surface area contributed by atoms with Gasteiger partial charge in [-0.15, -0.1) is 11.6 Å². The molecule has 1 heterocycles. The molecule has 2 aromatic rings. The number of rotatable bonds is 8. The summed E-state index contributed by atoms with van der Waals surface area (Å²) in [6.45, 7) is 1.82. The standard InChI is InChI=1S/C20H20ClN3O7/c1-11(21)7-14-15(17(29-3)19-18(16(14)28-2)30-10-31-19)9-22-23-20(25)12-5-4-6-13(8-12)24(26)27/h4-6,8-9,11H,7,10H2,1-3H3,(H,23,25). The van der Waals surface area contributed by atoms with Crippen molar-refractivity contribution in [2.75, 3.05) is 21.0 Å². The number of amides is 1. The predicted molar refractivity (Wildman–Crippen MR) is 113 cm³/mol. The second-order valence-electron chi connectivity index (χ2n) is 6.51. The molecule has 1 unspecified atom stereocenters. The molecule has 10 nitrogen and oxygen atoms in total. The van der Waals surface area contributed by atoms with Crippen LogP contribution in [0.25, 0.3) is 0 Å². The first-order chi connectivity index (χ1) is 14.9. The molecule has 1 atom stereocenters. The van der Waals surface area contributed by atoms with Crippen LogP contribution in [0.5, 0.6) is 23.0 Å². The van der Waals surface area contributed by atoms with Crippen LogP contribution in [-0.2, 0) is 6.42 Å². The van der Waals surface area contributed by atoms with Crippen molar-refractivity contribution in [1.29, 1.82) is 0 Å². The highest BCUT2D eigenvalue weighted by Gasteiger charge is 2.31. The molecule has 3 rings (SSSR count). The highest BCUT2D eigenvalue weighted by atomic mass is 35.5. The van der Waals surface area contributed by atoms with Gasteiger partial charge in [0, 0.05) is 34.2 Å². The topological polar surface area (TPSA) is 122 Å². The van der Waals surface area contributed by atoms with Crippen LogP contribution in [0.4, 0.5) is 5.69 Å². The second-order valence-corrected chi connectivity index (χ2v) is 7.26. The molecule has 1 aliphatic heterocycles. The van der Waals surface area contributed by atoms with Crippen molar-refractivity contribution in [2.45, 2.75) is 18.7 Å². The Morgan fingerprint density at radius 1 is 1.32 bits per heavy atom. The van der Waals surface area contributed by atoms with Gasteiger partial charge in [-0.25, -0.2) is 5.43 Å². The molecule has 1 aliphatic rings. The van der Waals surface area contributed by atoms with Gasteiger partial charge >= 0.3 is 0 Å². The van der Waals surface area contributed by atoms with Crippen LogP contribution in [0, 0.1) is 10.1 Å². The first kappa shape index (κ1) is 22.2. The molecular weight excluding hydrogens is 430 g/mol. The van der Waals surface area contributed by atoms with E-state index in [0.717, 1.165) is 6.07 Å². The first-order valence-corrected chi connectivity index (χ1v) is 9.59. The third-order valence-electron chi connectivity index (χ3n) is 4.44. The van der Waals surface area contributed by atoms with Gasteiger partial charge in [-0.1, -0.05) is 6.07 Å². The lowest BCUT2D eigenvalue weighted by Gasteiger charge is -2.18. The van der Waals surface area contributed by atoms with E-state index in [1.807, 2.05) is 6.92 Å². The van der Waals surface area contributed by atoms with Crippen LogP contribution in [0.1, 0.15) is 28.4 Å². The highest BCUT2D eigenvalue weighted by molar-refractivity contribution is 6.20. The number of fused-ring (bicyclic) bond motifs is 1. The minimum absolute atomic E-state index is 0.00202. The molecule has 0 saturated carbocycles. The number of halogens is 1. The Balaban J connectivity index is 1.96. The van der Waals surface area contributed by atoms with E-state index < -0.39 is 10.8 Å². The van der Waals surface area contributed by atoms with Gasteiger partial charge in [-0.2, -0.15) is 5.10 Å².